The van der Waals surface area contributed by atoms with Crippen LogP contribution in [0, 0.1) is 5.82 Å². The van der Waals surface area contributed by atoms with E-state index < -0.39 is 0 Å². The van der Waals surface area contributed by atoms with Gasteiger partial charge in [-0.1, -0.05) is 23.7 Å². The maximum absolute atomic E-state index is 13.0. The number of nitrogens with two attached hydrogens (primary N) is 1. The van der Waals surface area contributed by atoms with Gasteiger partial charge in [-0.3, -0.25) is 16.3 Å². The summed E-state index contributed by atoms with van der Waals surface area (Å²) in [6.07, 6.45) is 4.01. The minimum Gasteiger partial charge on any atom is -0.271 e. The van der Waals surface area contributed by atoms with E-state index in [1.54, 1.807) is 18.5 Å². The van der Waals surface area contributed by atoms with Gasteiger partial charge >= 0.3 is 0 Å². The predicted octanol–water partition coefficient (Wildman–Crippen LogP) is 2.62. The number of halogens is 2. The van der Waals surface area contributed by atoms with E-state index in [-0.39, 0.29) is 11.9 Å². The standard InChI is InChI=1S/C13H13ClFN3/c14-12-7-11(15)4-3-9(12)6-13(18-16)10-2-1-5-17-8-10/h1-5,7-8,13,18H,6,16H2. The van der Waals surface area contributed by atoms with Gasteiger partial charge in [-0.2, -0.15) is 0 Å². The number of benzene rings is 1. The maximum Gasteiger partial charge on any atom is 0.124 e. The maximum atomic E-state index is 13.0. The summed E-state index contributed by atoms with van der Waals surface area (Å²) in [7, 11) is 0. The Kier molecular flexibility index (Phi) is 4.25. The third-order valence-electron chi connectivity index (χ3n) is 2.73. The molecule has 0 aliphatic carbocycles. The van der Waals surface area contributed by atoms with Crippen molar-refractivity contribution in [3.05, 3.63) is 64.7 Å². The average molecular weight is 266 g/mol. The van der Waals surface area contributed by atoms with Crippen LogP contribution in [0.3, 0.4) is 0 Å². The average Bonchev–Trinajstić information content (AvgIpc) is 2.39. The molecule has 18 heavy (non-hydrogen) atoms. The second kappa shape index (κ2) is 5.91. The molecule has 0 saturated heterocycles. The number of hydrazine groups is 1. The highest BCUT2D eigenvalue weighted by molar-refractivity contribution is 6.31. The molecular weight excluding hydrogens is 253 g/mol. The molecule has 3 N–H and O–H groups in total. The Morgan fingerprint density at radius 2 is 2.22 bits per heavy atom. The van der Waals surface area contributed by atoms with Gasteiger partial charge in [-0.15, -0.1) is 0 Å². The van der Waals surface area contributed by atoms with Crippen LogP contribution >= 0.6 is 11.6 Å². The summed E-state index contributed by atoms with van der Waals surface area (Å²) < 4.78 is 13.0. The zero-order valence-electron chi connectivity index (χ0n) is 9.61. The third kappa shape index (κ3) is 3.04. The van der Waals surface area contributed by atoms with Gasteiger partial charge in [0.2, 0.25) is 0 Å². The Balaban J connectivity index is 2.21. The second-order valence-electron chi connectivity index (χ2n) is 3.95. The molecule has 2 rings (SSSR count). The van der Waals surface area contributed by atoms with Crippen LogP contribution in [0.4, 0.5) is 4.39 Å². The van der Waals surface area contributed by atoms with Crippen LogP contribution in [0.2, 0.25) is 5.02 Å². The lowest BCUT2D eigenvalue weighted by Crippen LogP contribution is -2.29. The molecule has 0 amide bonds. The number of hydrogen-bond acceptors (Lipinski definition) is 3. The van der Waals surface area contributed by atoms with Gasteiger partial charge in [0, 0.05) is 17.4 Å². The smallest absolute Gasteiger partial charge is 0.124 e. The summed E-state index contributed by atoms with van der Waals surface area (Å²) >= 11 is 5.99. The first-order valence-electron chi connectivity index (χ1n) is 5.50. The third-order valence-corrected chi connectivity index (χ3v) is 3.08. The van der Waals surface area contributed by atoms with Crippen molar-refractivity contribution in [1.82, 2.24) is 10.4 Å². The molecule has 1 aromatic heterocycles. The molecule has 1 atom stereocenters. The van der Waals surface area contributed by atoms with Crippen LogP contribution in [-0.2, 0) is 6.42 Å². The Labute approximate surface area is 110 Å². The Hall–Kier alpha value is -1.49. The van der Waals surface area contributed by atoms with Crippen LogP contribution < -0.4 is 11.3 Å². The first kappa shape index (κ1) is 13.0. The normalized spacial score (nSPS) is 12.4. The minimum absolute atomic E-state index is 0.110. The van der Waals surface area contributed by atoms with E-state index in [0.717, 1.165) is 11.1 Å². The van der Waals surface area contributed by atoms with Crippen LogP contribution in [0.25, 0.3) is 0 Å². The van der Waals surface area contributed by atoms with Crippen LogP contribution in [0.15, 0.2) is 42.7 Å². The van der Waals surface area contributed by atoms with Crippen molar-refractivity contribution in [3.8, 4) is 0 Å². The second-order valence-corrected chi connectivity index (χ2v) is 4.35. The van der Waals surface area contributed by atoms with Crippen molar-refractivity contribution in [1.29, 1.82) is 0 Å². The van der Waals surface area contributed by atoms with Gasteiger partial charge in [0.1, 0.15) is 5.82 Å². The molecule has 1 unspecified atom stereocenters. The zero-order valence-corrected chi connectivity index (χ0v) is 10.4. The Bertz CT molecular complexity index is 519. The van der Waals surface area contributed by atoms with Crippen molar-refractivity contribution < 1.29 is 4.39 Å². The fourth-order valence-electron chi connectivity index (χ4n) is 1.76. The minimum atomic E-state index is -0.345. The fraction of sp³-hybridized carbons (Fsp3) is 0.154. The topological polar surface area (TPSA) is 50.9 Å². The van der Waals surface area contributed by atoms with E-state index >= 15 is 0 Å². The Morgan fingerprint density at radius 3 is 2.83 bits per heavy atom. The SMILES string of the molecule is NNC(Cc1ccc(F)cc1Cl)c1cccnc1. The van der Waals surface area contributed by atoms with Gasteiger partial charge in [-0.05, 0) is 35.7 Å². The van der Waals surface area contributed by atoms with Crippen LogP contribution in [0.5, 0.6) is 0 Å². The van der Waals surface area contributed by atoms with Crippen molar-refractivity contribution in [3.63, 3.8) is 0 Å². The summed E-state index contributed by atoms with van der Waals surface area (Å²) in [6, 6.07) is 8.01. The summed E-state index contributed by atoms with van der Waals surface area (Å²) in [5.74, 6) is 5.19. The van der Waals surface area contributed by atoms with E-state index in [0.29, 0.717) is 11.4 Å². The summed E-state index contributed by atoms with van der Waals surface area (Å²) in [6.45, 7) is 0. The van der Waals surface area contributed by atoms with Gasteiger partial charge in [0.15, 0.2) is 0 Å². The van der Waals surface area contributed by atoms with Gasteiger partial charge in [0.05, 0.1) is 6.04 Å². The molecular formula is C13H13ClFN3. The van der Waals surface area contributed by atoms with E-state index in [1.807, 2.05) is 12.1 Å². The number of pyridine rings is 1. The van der Waals surface area contributed by atoms with E-state index in [1.165, 1.54) is 12.1 Å². The lowest BCUT2D eigenvalue weighted by Gasteiger charge is -2.16. The molecule has 0 radical (unpaired) electrons. The summed E-state index contributed by atoms with van der Waals surface area (Å²) in [5, 5.41) is 0.402. The highest BCUT2D eigenvalue weighted by Gasteiger charge is 2.12. The van der Waals surface area contributed by atoms with E-state index in [9.17, 15) is 4.39 Å². The number of nitrogens with one attached hydrogen (secondary N) is 1. The molecule has 0 aliphatic heterocycles. The van der Waals surface area contributed by atoms with Gasteiger partial charge in [0.25, 0.3) is 0 Å². The van der Waals surface area contributed by atoms with Crippen molar-refractivity contribution >= 4 is 11.6 Å². The molecule has 1 aromatic carbocycles. The van der Waals surface area contributed by atoms with Crippen molar-refractivity contribution in [2.75, 3.05) is 0 Å². The highest BCUT2D eigenvalue weighted by Crippen LogP contribution is 2.23. The number of nitrogens with zero attached hydrogens (tertiary/aromatic N) is 1. The summed E-state index contributed by atoms with van der Waals surface area (Å²) in [4.78, 5) is 4.04. The number of hydrogen-bond donors (Lipinski definition) is 2. The van der Waals surface area contributed by atoms with Crippen molar-refractivity contribution in [2.24, 2.45) is 5.84 Å². The van der Waals surface area contributed by atoms with Crippen LogP contribution in [0.1, 0.15) is 17.2 Å². The first-order valence-corrected chi connectivity index (χ1v) is 5.88. The lowest BCUT2D eigenvalue weighted by molar-refractivity contribution is 0.549. The first-order chi connectivity index (χ1) is 8.70. The van der Waals surface area contributed by atoms with Gasteiger partial charge < -0.3 is 0 Å². The predicted molar refractivity (Wildman–Crippen MR) is 69.4 cm³/mol. The molecule has 3 nitrogen and oxygen atoms in total. The molecule has 0 fully saturated rings. The molecule has 2 aromatic rings. The fourth-order valence-corrected chi connectivity index (χ4v) is 2.01. The molecule has 0 aliphatic rings. The largest absolute Gasteiger partial charge is 0.271 e. The molecule has 5 heteroatoms. The van der Waals surface area contributed by atoms with Gasteiger partial charge in [-0.25, -0.2) is 4.39 Å². The molecule has 0 bridgehead atoms. The number of rotatable bonds is 4. The number of aromatic nitrogens is 1. The Morgan fingerprint density at radius 1 is 1.39 bits per heavy atom. The monoisotopic (exact) mass is 265 g/mol. The lowest BCUT2D eigenvalue weighted by atomic mass is 10.0. The van der Waals surface area contributed by atoms with Crippen LogP contribution in [-0.4, -0.2) is 4.98 Å². The zero-order chi connectivity index (χ0) is 13.0. The van der Waals surface area contributed by atoms with Crippen molar-refractivity contribution in [2.45, 2.75) is 12.5 Å². The summed E-state index contributed by atoms with van der Waals surface area (Å²) in [5.41, 5.74) is 4.51. The quantitative estimate of drug-likeness (QED) is 0.660. The van der Waals surface area contributed by atoms with E-state index in [2.05, 4.69) is 10.4 Å². The molecule has 0 saturated carbocycles. The molecule has 0 spiro atoms. The molecule has 1 heterocycles. The highest BCUT2D eigenvalue weighted by atomic mass is 35.5. The molecule has 94 valence electrons. The van der Waals surface area contributed by atoms with E-state index in [4.69, 9.17) is 17.4 Å².